The molecule has 156 valence electrons. The van der Waals surface area contributed by atoms with Gasteiger partial charge in [0, 0.05) is 18.7 Å². The summed E-state index contributed by atoms with van der Waals surface area (Å²) in [4.78, 5) is 10.2. The number of β-amino-alcohol motifs (C(OH)–C–C–N with tert-alkyl or cyclic N) is 1. The van der Waals surface area contributed by atoms with Crippen molar-refractivity contribution in [3.8, 4) is 11.3 Å². The highest BCUT2D eigenvalue weighted by Gasteiger charge is 2.27. The van der Waals surface area contributed by atoms with Crippen molar-refractivity contribution in [3.05, 3.63) is 64.4 Å². The fraction of sp³-hybridized carbons (Fsp3) is 0.158. The van der Waals surface area contributed by atoms with E-state index >= 15 is 0 Å². The highest BCUT2D eigenvalue weighted by atomic mass is 35.5. The molecular formula is C19H15Cl2FN4O3S. The van der Waals surface area contributed by atoms with Crippen molar-refractivity contribution < 1.29 is 17.9 Å². The zero-order valence-corrected chi connectivity index (χ0v) is 17.6. The number of aliphatic hydroxyl groups excluding tert-OH is 1. The highest BCUT2D eigenvalue weighted by molar-refractivity contribution is 7.92. The molecule has 0 unspecified atom stereocenters. The van der Waals surface area contributed by atoms with E-state index in [0.29, 0.717) is 24.5 Å². The molecule has 1 aliphatic heterocycles. The summed E-state index contributed by atoms with van der Waals surface area (Å²) in [5.74, 6) is -0.0650. The molecule has 2 N–H and O–H groups in total. The maximum absolute atomic E-state index is 13.3. The van der Waals surface area contributed by atoms with E-state index < -0.39 is 21.9 Å². The molecule has 0 spiro atoms. The molecule has 3 aromatic rings. The number of hydrogen-bond acceptors (Lipinski definition) is 6. The number of aliphatic hydroxyl groups is 1. The Hall–Kier alpha value is -2.46. The summed E-state index contributed by atoms with van der Waals surface area (Å²) in [7, 11) is -4.04. The van der Waals surface area contributed by atoms with E-state index in [1.807, 2.05) is 0 Å². The van der Waals surface area contributed by atoms with Gasteiger partial charge in [0.15, 0.2) is 5.03 Å². The van der Waals surface area contributed by atoms with E-state index in [2.05, 4.69) is 14.7 Å². The van der Waals surface area contributed by atoms with Crippen LogP contribution in [0.25, 0.3) is 11.3 Å². The minimum atomic E-state index is -4.04. The van der Waals surface area contributed by atoms with E-state index in [1.165, 1.54) is 30.3 Å². The summed E-state index contributed by atoms with van der Waals surface area (Å²) >= 11 is 12.3. The van der Waals surface area contributed by atoms with Gasteiger partial charge in [-0.2, -0.15) is 8.42 Å². The molecule has 3 heterocycles. The van der Waals surface area contributed by atoms with Gasteiger partial charge >= 0.3 is 0 Å². The van der Waals surface area contributed by atoms with Crippen molar-refractivity contribution in [2.45, 2.75) is 11.1 Å². The first-order valence-electron chi connectivity index (χ1n) is 8.78. The monoisotopic (exact) mass is 468 g/mol. The lowest BCUT2D eigenvalue weighted by Crippen LogP contribution is -2.51. The molecule has 0 atom stereocenters. The third-order valence-electron chi connectivity index (χ3n) is 4.44. The average molecular weight is 469 g/mol. The van der Waals surface area contributed by atoms with E-state index in [-0.39, 0.29) is 26.6 Å². The number of sulfonamides is 1. The van der Waals surface area contributed by atoms with Crippen molar-refractivity contribution in [3.63, 3.8) is 0 Å². The summed E-state index contributed by atoms with van der Waals surface area (Å²) in [6.45, 7) is 0.787. The van der Waals surface area contributed by atoms with E-state index in [1.54, 1.807) is 17.0 Å². The zero-order valence-electron chi connectivity index (χ0n) is 15.3. The van der Waals surface area contributed by atoms with Gasteiger partial charge in [0.25, 0.3) is 10.0 Å². The SMILES string of the molecule is O=S(=O)(Nc1ccc(Cl)c(-c2ccc(F)cc2Cl)n1)c1cccc(N2CC(O)C2)n1. The third kappa shape index (κ3) is 4.20. The number of nitrogens with one attached hydrogen (secondary N) is 1. The molecule has 11 heteroatoms. The number of halogens is 3. The zero-order chi connectivity index (χ0) is 21.5. The van der Waals surface area contributed by atoms with Crippen LogP contribution in [-0.2, 0) is 10.0 Å². The smallest absolute Gasteiger partial charge is 0.280 e. The van der Waals surface area contributed by atoms with Crippen LogP contribution in [0.15, 0.2) is 53.6 Å². The lowest BCUT2D eigenvalue weighted by atomic mass is 10.1. The summed E-state index contributed by atoms with van der Waals surface area (Å²) in [6.07, 6.45) is -0.444. The number of anilines is 2. The van der Waals surface area contributed by atoms with Crippen LogP contribution in [-0.4, -0.2) is 42.7 Å². The fourth-order valence-corrected chi connectivity index (χ4v) is 4.36. The second-order valence-corrected chi connectivity index (χ2v) is 9.09. The third-order valence-corrected chi connectivity index (χ3v) is 6.32. The molecular weight excluding hydrogens is 454 g/mol. The Labute approximate surface area is 182 Å². The Kier molecular flexibility index (Phi) is 5.54. The van der Waals surface area contributed by atoms with Gasteiger partial charge in [-0.15, -0.1) is 0 Å². The second-order valence-electron chi connectivity index (χ2n) is 6.65. The van der Waals surface area contributed by atoms with E-state index in [4.69, 9.17) is 23.2 Å². The minimum absolute atomic E-state index is 0.00127. The lowest BCUT2D eigenvalue weighted by Gasteiger charge is -2.36. The maximum Gasteiger partial charge on any atom is 0.280 e. The van der Waals surface area contributed by atoms with Crippen LogP contribution in [0.4, 0.5) is 16.0 Å². The molecule has 0 amide bonds. The molecule has 1 saturated heterocycles. The Morgan fingerprint density at radius 2 is 1.83 bits per heavy atom. The lowest BCUT2D eigenvalue weighted by molar-refractivity contribution is 0.141. The van der Waals surface area contributed by atoms with Gasteiger partial charge in [-0.25, -0.2) is 14.4 Å². The van der Waals surface area contributed by atoms with Crippen molar-refractivity contribution in [2.24, 2.45) is 0 Å². The normalized spacial score (nSPS) is 14.5. The number of aromatic nitrogens is 2. The first kappa shape index (κ1) is 20.8. The van der Waals surface area contributed by atoms with Gasteiger partial charge in [0.1, 0.15) is 17.5 Å². The largest absolute Gasteiger partial charge is 0.389 e. The van der Waals surface area contributed by atoms with Crippen LogP contribution >= 0.6 is 23.2 Å². The topological polar surface area (TPSA) is 95.4 Å². The Bertz CT molecular complexity index is 1220. The van der Waals surface area contributed by atoms with Crippen LogP contribution in [0.2, 0.25) is 10.0 Å². The quantitative estimate of drug-likeness (QED) is 0.594. The van der Waals surface area contributed by atoms with Crippen molar-refractivity contribution in [2.75, 3.05) is 22.7 Å². The van der Waals surface area contributed by atoms with E-state index in [0.717, 1.165) is 6.07 Å². The Balaban J connectivity index is 1.63. The van der Waals surface area contributed by atoms with Crippen molar-refractivity contribution >= 4 is 44.9 Å². The number of rotatable bonds is 5. The van der Waals surface area contributed by atoms with Crippen molar-refractivity contribution in [1.82, 2.24) is 9.97 Å². The summed E-state index contributed by atoms with van der Waals surface area (Å²) < 4.78 is 41.3. The predicted octanol–water partition coefficient (Wildman–Crippen LogP) is 3.57. The van der Waals surface area contributed by atoms with Gasteiger partial charge in [-0.05, 0) is 42.5 Å². The molecule has 0 aliphatic carbocycles. The molecule has 0 saturated carbocycles. The number of nitrogens with zero attached hydrogens (tertiary/aromatic N) is 3. The maximum atomic E-state index is 13.3. The van der Waals surface area contributed by atoms with Gasteiger partial charge in [-0.1, -0.05) is 29.3 Å². The van der Waals surface area contributed by atoms with Crippen LogP contribution < -0.4 is 9.62 Å². The molecule has 1 aromatic carbocycles. The Morgan fingerprint density at radius 1 is 1.07 bits per heavy atom. The fourth-order valence-electron chi connectivity index (χ4n) is 2.93. The van der Waals surface area contributed by atoms with Crippen LogP contribution in [0.5, 0.6) is 0 Å². The standard InChI is InChI=1S/C19H15Cl2FN4O3S/c20-14-6-7-16(23-19(14)13-5-4-11(22)8-15(13)21)25-30(28,29)18-3-1-2-17(24-18)26-9-12(27)10-26/h1-8,12,27H,9-10H2,(H,23,25). The summed E-state index contributed by atoms with van der Waals surface area (Å²) in [5, 5.41) is 9.55. The van der Waals surface area contributed by atoms with Gasteiger partial charge in [0.05, 0.1) is 21.8 Å². The number of hydrogen-bond donors (Lipinski definition) is 2. The second kappa shape index (κ2) is 7.99. The van der Waals surface area contributed by atoms with Crippen LogP contribution in [0.3, 0.4) is 0 Å². The van der Waals surface area contributed by atoms with Gasteiger partial charge in [-0.3, -0.25) is 4.72 Å². The molecule has 0 radical (unpaired) electrons. The molecule has 4 rings (SSSR count). The molecule has 0 bridgehead atoms. The van der Waals surface area contributed by atoms with Crippen LogP contribution in [0.1, 0.15) is 0 Å². The summed E-state index contributed by atoms with van der Waals surface area (Å²) in [5.41, 5.74) is 0.568. The highest BCUT2D eigenvalue weighted by Crippen LogP contribution is 2.33. The predicted molar refractivity (Wildman–Crippen MR) is 113 cm³/mol. The number of pyridine rings is 2. The molecule has 1 aliphatic rings. The molecule has 30 heavy (non-hydrogen) atoms. The first-order valence-corrected chi connectivity index (χ1v) is 11.0. The van der Waals surface area contributed by atoms with Gasteiger partial charge in [0.2, 0.25) is 0 Å². The molecule has 2 aromatic heterocycles. The number of benzene rings is 1. The first-order chi connectivity index (χ1) is 14.2. The molecule has 7 nitrogen and oxygen atoms in total. The average Bonchev–Trinajstić information content (AvgIpc) is 2.67. The Morgan fingerprint density at radius 3 is 2.53 bits per heavy atom. The van der Waals surface area contributed by atoms with Crippen LogP contribution in [0, 0.1) is 5.82 Å². The minimum Gasteiger partial charge on any atom is -0.389 e. The molecule has 1 fully saturated rings. The van der Waals surface area contributed by atoms with E-state index in [9.17, 15) is 17.9 Å². The van der Waals surface area contributed by atoms with Crippen molar-refractivity contribution in [1.29, 1.82) is 0 Å². The van der Waals surface area contributed by atoms with Gasteiger partial charge < -0.3 is 10.0 Å². The summed E-state index contributed by atoms with van der Waals surface area (Å²) in [6, 6.07) is 11.2.